The van der Waals surface area contributed by atoms with Crippen LogP contribution in [-0.4, -0.2) is 27.5 Å². The second-order valence-electron chi connectivity index (χ2n) is 7.56. The van der Waals surface area contributed by atoms with Crippen LogP contribution in [0.15, 0.2) is 71.6 Å². The topological polar surface area (TPSA) is 93.7 Å². The number of amides is 1. The molecule has 0 saturated heterocycles. The lowest BCUT2D eigenvalue weighted by Gasteiger charge is -2.16. The molecule has 0 aliphatic carbocycles. The summed E-state index contributed by atoms with van der Waals surface area (Å²) in [7, 11) is -3.91. The second-order valence-corrected chi connectivity index (χ2v) is 9.65. The van der Waals surface area contributed by atoms with E-state index in [9.17, 15) is 13.2 Å². The summed E-state index contributed by atoms with van der Waals surface area (Å²) in [5.41, 5.74) is 1.37. The van der Waals surface area contributed by atoms with Crippen molar-refractivity contribution >= 4 is 33.2 Å². The summed E-state index contributed by atoms with van der Waals surface area (Å²) >= 11 is 6.21. The van der Waals surface area contributed by atoms with Crippen LogP contribution in [0.25, 0.3) is 0 Å². The van der Waals surface area contributed by atoms with E-state index in [1.54, 1.807) is 30.3 Å². The summed E-state index contributed by atoms with van der Waals surface area (Å²) in [6.07, 6.45) is 0.721. The first-order valence-electron chi connectivity index (χ1n) is 10.4. The summed E-state index contributed by atoms with van der Waals surface area (Å²) in [6, 6.07) is 17.7. The Morgan fingerprint density at radius 2 is 1.73 bits per heavy atom. The van der Waals surface area contributed by atoms with Gasteiger partial charge in [-0.25, -0.2) is 8.42 Å². The van der Waals surface area contributed by atoms with E-state index in [0.717, 1.165) is 12.0 Å². The van der Waals surface area contributed by atoms with Crippen LogP contribution in [0.2, 0.25) is 5.02 Å². The van der Waals surface area contributed by atoms with Crippen molar-refractivity contribution in [3.63, 3.8) is 0 Å². The number of fused-ring (bicyclic) bond motifs is 1. The Morgan fingerprint density at radius 3 is 2.52 bits per heavy atom. The fourth-order valence-corrected chi connectivity index (χ4v) is 4.80. The van der Waals surface area contributed by atoms with Crippen LogP contribution in [0, 0.1) is 0 Å². The number of rotatable bonds is 6. The molecular weight excluding hydrogens is 464 g/mol. The Hall–Kier alpha value is -3.23. The van der Waals surface area contributed by atoms with Crippen molar-refractivity contribution in [2.75, 3.05) is 17.9 Å². The number of nitrogens with one attached hydrogen (secondary N) is 2. The van der Waals surface area contributed by atoms with E-state index in [1.165, 1.54) is 18.2 Å². The van der Waals surface area contributed by atoms with Gasteiger partial charge in [0, 0.05) is 28.8 Å². The lowest BCUT2D eigenvalue weighted by atomic mass is 10.1. The van der Waals surface area contributed by atoms with E-state index in [2.05, 4.69) is 10.0 Å². The highest BCUT2D eigenvalue weighted by Crippen LogP contribution is 2.32. The maximum atomic E-state index is 12.9. The minimum atomic E-state index is -3.91. The van der Waals surface area contributed by atoms with Crippen molar-refractivity contribution in [1.29, 1.82) is 0 Å². The molecule has 1 aliphatic rings. The van der Waals surface area contributed by atoms with Crippen molar-refractivity contribution in [3.8, 4) is 11.5 Å². The van der Waals surface area contributed by atoms with Crippen molar-refractivity contribution in [1.82, 2.24) is 5.32 Å². The normalized spacial score (nSPS) is 14.1. The van der Waals surface area contributed by atoms with Gasteiger partial charge < -0.3 is 14.8 Å². The van der Waals surface area contributed by atoms with E-state index in [4.69, 9.17) is 21.1 Å². The molecule has 0 aromatic heterocycles. The highest BCUT2D eigenvalue weighted by Gasteiger charge is 2.20. The van der Waals surface area contributed by atoms with Gasteiger partial charge in [0.15, 0.2) is 11.5 Å². The molecule has 2 N–H and O–H groups in total. The third-order valence-electron chi connectivity index (χ3n) is 5.13. The SMILES string of the molecule is CC(NC(=O)c1cccc(NS(=O)(=O)c2ccc3c(c2)OCCCO3)c1)c1ccccc1Cl. The summed E-state index contributed by atoms with van der Waals surface area (Å²) in [5, 5.41) is 3.44. The lowest BCUT2D eigenvalue weighted by molar-refractivity contribution is 0.0940. The average Bonchev–Trinajstić information content (AvgIpc) is 3.04. The largest absolute Gasteiger partial charge is 0.490 e. The number of carbonyl (C=O) groups excluding carboxylic acids is 1. The smallest absolute Gasteiger partial charge is 0.262 e. The molecule has 0 radical (unpaired) electrons. The van der Waals surface area contributed by atoms with Crippen molar-refractivity contribution in [2.45, 2.75) is 24.3 Å². The zero-order valence-corrected chi connectivity index (χ0v) is 19.4. The van der Waals surface area contributed by atoms with Gasteiger partial charge in [0.05, 0.1) is 24.2 Å². The zero-order valence-electron chi connectivity index (χ0n) is 17.9. The van der Waals surface area contributed by atoms with Crippen LogP contribution in [0.1, 0.15) is 35.3 Å². The molecule has 1 amide bonds. The molecule has 9 heteroatoms. The van der Waals surface area contributed by atoms with Crippen molar-refractivity contribution in [3.05, 3.63) is 82.9 Å². The standard InChI is InChI=1S/C24H23ClN2O5S/c1-16(20-8-2-3-9-21(20)25)26-24(28)17-6-4-7-18(14-17)27-33(29,30)19-10-11-22-23(15-19)32-13-5-12-31-22/h2-4,6-11,14-16,27H,5,12-13H2,1H3,(H,26,28). The Balaban J connectivity index is 1.50. The molecule has 33 heavy (non-hydrogen) atoms. The number of hydrogen-bond donors (Lipinski definition) is 2. The van der Waals surface area contributed by atoms with Gasteiger partial charge in [0.2, 0.25) is 0 Å². The van der Waals surface area contributed by atoms with E-state index in [-0.39, 0.29) is 22.5 Å². The number of ether oxygens (including phenoxy) is 2. The number of carbonyl (C=O) groups is 1. The highest BCUT2D eigenvalue weighted by atomic mass is 35.5. The van der Waals surface area contributed by atoms with Crippen LogP contribution in [0.3, 0.4) is 0 Å². The zero-order chi connectivity index (χ0) is 23.4. The molecule has 0 bridgehead atoms. The molecular formula is C24H23ClN2O5S. The minimum absolute atomic E-state index is 0.0361. The van der Waals surface area contributed by atoms with E-state index in [0.29, 0.717) is 35.3 Å². The summed E-state index contributed by atoms with van der Waals surface area (Å²) < 4.78 is 39.5. The van der Waals surface area contributed by atoms with Gasteiger partial charge in [-0.1, -0.05) is 35.9 Å². The fraction of sp³-hybridized carbons (Fsp3) is 0.208. The predicted molar refractivity (Wildman–Crippen MR) is 127 cm³/mol. The molecule has 1 heterocycles. The molecule has 0 saturated carbocycles. The van der Waals surface area contributed by atoms with E-state index < -0.39 is 10.0 Å². The van der Waals surface area contributed by atoms with Gasteiger partial charge in [-0.05, 0) is 48.9 Å². The number of halogens is 1. The first-order valence-corrected chi connectivity index (χ1v) is 12.3. The molecule has 4 rings (SSSR count). The summed E-state index contributed by atoms with van der Waals surface area (Å²) in [4.78, 5) is 12.8. The van der Waals surface area contributed by atoms with Crippen LogP contribution in [0.4, 0.5) is 5.69 Å². The number of hydrogen-bond acceptors (Lipinski definition) is 5. The van der Waals surface area contributed by atoms with E-state index in [1.807, 2.05) is 25.1 Å². The number of benzene rings is 3. The third kappa shape index (κ3) is 5.40. The number of anilines is 1. The maximum absolute atomic E-state index is 12.9. The average molecular weight is 487 g/mol. The first-order chi connectivity index (χ1) is 15.8. The molecule has 1 atom stereocenters. The molecule has 1 unspecified atom stereocenters. The van der Waals surface area contributed by atoms with Gasteiger partial charge >= 0.3 is 0 Å². The van der Waals surface area contributed by atoms with Gasteiger partial charge in [-0.2, -0.15) is 0 Å². The molecule has 0 fully saturated rings. The summed E-state index contributed by atoms with van der Waals surface area (Å²) in [6.45, 7) is 2.80. The molecule has 0 spiro atoms. The van der Waals surface area contributed by atoms with E-state index >= 15 is 0 Å². The Kier molecular flexibility index (Phi) is 6.76. The van der Waals surface area contributed by atoms with Gasteiger partial charge in [-0.15, -0.1) is 0 Å². The fourth-order valence-electron chi connectivity index (χ4n) is 3.43. The first kappa shape index (κ1) is 22.9. The number of sulfonamides is 1. The maximum Gasteiger partial charge on any atom is 0.262 e. The molecule has 3 aromatic rings. The quantitative estimate of drug-likeness (QED) is 0.522. The molecule has 1 aliphatic heterocycles. The van der Waals surface area contributed by atoms with Gasteiger partial charge in [0.25, 0.3) is 15.9 Å². The van der Waals surface area contributed by atoms with Gasteiger partial charge in [0.1, 0.15) is 0 Å². The molecule has 172 valence electrons. The Morgan fingerprint density at radius 1 is 0.970 bits per heavy atom. The van der Waals surface area contributed by atoms with Crippen LogP contribution in [0.5, 0.6) is 11.5 Å². The van der Waals surface area contributed by atoms with Crippen LogP contribution >= 0.6 is 11.6 Å². The second kappa shape index (κ2) is 9.72. The summed E-state index contributed by atoms with van der Waals surface area (Å²) in [5.74, 6) is 0.550. The Bertz CT molecular complexity index is 1280. The molecule has 3 aromatic carbocycles. The highest BCUT2D eigenvalue weighted by molar-refractivity contribution is 7.92. The predicted octanol–water partition coefficient (Wildman–Crippen LogP) is 4.79. The van der Waals surface area contributed by atoms with Crippen molar-refractivity contribution in [2.24, 2.45) is 0 Å². The lowest BCUT2D eigenvalue weighted by Crippen LogP contribution is -2.27. The molecule has 7 nitrogen and oxygen atoms in total. The van der Waals surface area contributed by atoms with Gasteiger partial charge in [-0.3, -0.25) is 9.52 Å². The van der Waals surface area contributed by atoms with Crippen molar-refractivity contribution < 1.29 is 22.7 Å². The van der Waals surface area contributed by atoms with Crippen LogP contribution < -0.4 is 19.5 Å². The monoisotopic (exact) mass is 486 g/mol. The Labute approximate surface area is 197 Å². The minimum Gasteiger partial charge on any atom is -0.490 e. The van der Waals surface area contributed by atoms with Crippen LogP contribution in [-0.2, 0) is 10.0 Å². The third-order valence-corrected chi connectivity index (χ3v) is 6.85.